The average Bonchev–Trinajstić information content (AvgIpc) is 2.16. The third kappa shape index (κ3) is 2.47. The molecule has 5 heteroatoms. The van der Waals surface area contributed by atoms with E-state index in [0.717, 1.165) is 9.26 Å². The molecule has 0 radical (unpaired) electrons. The summed E-state index contributed by atoms with van der Waals surface area (Å²) in [7, 11) is 0. The smallest absolute Gasteiger partial charge is 0.333 e. The van der Waals surface area contributed by atoms with E-state index in [1.54, 1.807) is 4.90 Å². The standard InChI is InChI=1S/C10H8INO3/c11-7-2-1-3-8(4-7)12-5-9(13)15-10(14)6-12/h1-4H,5-6H2. The molecule has 0 N–H and O–H groups in total. The van der Waals surface area contributed by atoms with Crippen molar-refractivity contribution in [2.75, 3.05) is 18.0 Å². The molecular formula is C10H8INO3. The molecule has 0 aromatic heterocycles. The van der Waals surface area contributed by atoms with Gasteiger partial charge >= 0.3 is 11.9 Å². The van der Waals surface area contributed by atoms with Crippen LogP contribution in [-0.2, 0) is 14.3 Å². The third-order valence-electron chi connectivity index (χ3n) is 2.04. The average molecular weight is 317 g/mol. The van der Waals surface area contributed by atoms with Crippen LogP contribution >= 0.6 is 22.6 Å². The maximum absolute atomic E-state index is 11.1. The van der Waals surface area contributed by atoms with E-state index < -0.39 is 11.9 Å². The highest BCUT2D eigenvalue weighted by Gasteiger charge is 2.24. The number of carbonyl (C=O) groups excluding carboxylic acids is 2. The van der Waals surface area contributed by atoms with Gasteiger partial charge in [-0.25, -0.2) is 9.59 Å². The van der Waals surface area contributed by atoms with Gasteiger partial charge in [-0.2, -0.15) is 0 Å². The van der Waals surface area contributed by atoms with Crippen LogP contribution in [0.15, 0.2) is 24.3 Å². The van der Waals surface area contributed by atoms with Crippen molar-refractivity contribution < 1.29 is 14.3 Å². The summed E-state index contributed by atoms with van der Waals surface area (Å²) in [4.78, 5) is 23.8. The van der Waals surface area contributed by atoms with E-state index in [2.05, 4.69) is 27.3 Å². The summed E-state index contributed by atoms with van der Waals surface area (Å²) < 4.78 is 5.51. The molecule has 0 atom stereocenters. The van der Waals surface area contributed by atoms with Crippen molar-refractivity contribution in [3.8, 4) is 0 Å². The minimum Gasteiger partial charge on any atom is -0.390 e. The first-order valence-corrected chi connectivity index (χ1v) is 5.47. The van der Waals surface area contributed by atoms with Gasteiger partial charge in [0.25, 0.3) is 0 Å². The molecule has 1 aliphatic rings. The Morgan fingerprint density at radius 1 is 1.20 bits per heavy atom. The van der Waals surface area contributed by atoms with Crippen molar-refractivity contribution >= 4 is 40.2 Å². The first-order valence-electron chi connectivity index (χ1n) is 4.39. The molecule has 78 valence electrons. The second kappa shape index (κ2) is 4.18. The zero-order chi connectivity index (χ0) is 10.8. The zero-order valence-corrected chi connectivity index (χ0v) is 9.93. The monoisotopic (exact) mass is 317 g/mol. The van der Waals surface area contributed by atoms with Crippen LogP contribution in [0, 0.1) is 3.57 Å². The molecule has 4 nitrogen and oxygen atoms in total. The number of morpholine rings is 1. The van der Waals surface area contributed by atoms with Gasteiger partial charge in [0.1, 0.15) is 13.1 Å². The largest absolute Gasteiger partial charge is 0.390 e. The van der Waals surface area contributed by atoms with Crippen molar-refractivity contribution in [2.24, 2.45) is 0 Å². The first kappa shape index (κ1) is 10.4. The van der Waals surface area contributed by atoms with Crippen LogP contribution in [0.2, 0.25) is 0 Å². The minimum absolute atomic E-state index is 0.131. The Morgan fingerprint density at radius 3 is 2.47 bits per heavy atom. The van der Waals surface area contributed by atoms with Crippen molar-refractivity contribution in [1.82, 2.24) is 0 Å². The number of cyclic esters (lactones) is 2. The molecular weight excluding hydrogens is 309 g/mol. The number of halogens is 1. The molecule has 1 fully saturated rings. The molecule has 0 saturated carbocycles. The van der Waals surface area contributed by atoms with E-state index in [0.29, 0.717) is 0 Å². The number of esters is 2. The summed E-state index contributed by atoms with van der Waals surface area (Å²) in [5, 5.41) is 0. The van der Waals surface area contributed by atoms with E-state index in [9.17, 15) is 9.59 Å². The van der Waals surface area contributed by atoms with Crippen LogP contribution in [0.1, 0.15) is 0 Å². The van der Waals surface area contributed by atoms with Gasteiger partial charge in [0.05, 0.1) is 0 Å². The molecule has 0 amide bonds. The Morgan fingerprint density at radius 2 is 1.87 bits per heavy atom. The number of hydrogen-bond acceptors (Lipinski definition) is 4. The molecule has 1 aliphatic heterocycles. The normalized spacial score (nSPS) is 16.5. The summed E-state index contributed by atoms with van der Waals surface area (Å²) in [6.07, 6.45) is 0. The number of anilines is 1. The highest BCUT2D eigenvalue weighted by Crippen LogP contribution is 2.18. The number of carbonyl (C=O) groups is 2. The molecule has 0 unspecified atom stereocenters. The topological polar surface area (TPSA) is 46.6 Å². The van der Waals surface area contributed by atoms with Crippen LogP contribution in [0.4, 0.5) is 5.69 Å². The predicted molar refractivity (Wildman–Crippen MR) is 62.5 cm³/mol. The third-order valence-corrected chi connectivity index (χ3v) is 2.71. The van der Waals surface area contributed by atoms with Crippen LogP contribution in [0.3, 0.4) is 0 Å². The molecule has 15 heavy (non-hydrogen) atoms. The quantitative estimate of drug-likeness (QED) is 0.443. The van der Waals surface area contributed by atoms with Gasteiger partial charge in [-0.3, -0.25) is 0 Å². The number of benzene rings is 1. The molecule has 0 bridgehead atoms. The van der Waals surface area contributed by atoms with Crippen LogP contribution < -0.4 is 4.90 Å². The van der Waals surface area contributed by atoms with Gasteiger partial charge in [0.2, 0.25) is 0 Å². The molecule has 0 aliphatic carbocycles. The fourth-order valence-electron chi connectivity index (χ4n) is 1.41. The van der Waals surface area contributed by atoms with E-state index in [4.69, 9.17) is 0 Å². The van der Waals surface area contributed by atoms with Crippen molar-refractivity contribution in [3.63, 3.8) is 0 Å². The Kier molecular flexibility index (Phi) is 2.90. The zero-order valence-electron chi connectivity index (χ0n) is 7.77. The summed E-state index contributed by atoms with van der Waals surface area (Å²) in [5.41, 5.74) is 0.868. The number of nitrogens with zero attached hydrogens (tertiary/aromatic N) is 1. The fraction of sp³-hybridized carbons (Fsp3) is 0.200. The molecule has 1 heterocycles. The van der Waals surface area contributed by atoms with Crippen LogP contribution in [-0.4, -0.2) is 25.0 Å². The molecule has 1 aromatic carbocycles. The van der Waals surface area contributed by atoms with Gasteiger partial charge in [0, 0.05) is 9.26 Å². The molecule has 1 saturated heterocycles. The van der Waals surface area contributed by atoms with Crippen molar-refractivity contribution in [3.05, 3.63) is 27.8 Å². The molecule has 2 rings (SSSR count). The van der Waals surface area contributed by atoms with Crippen LogP contribution in [0.25, 0.3) is 0 Å². The van der Waals surface area contributed by atoms with Gasteiger partial charge in [-0.1, -0.05) is 6.07 Å². The fourth-order valence-corrected chi connectivity index (χ4v) is 1.94. The van der Waals surface area contributed by atoms with E-state index in [1.165, 1.54) is 0 Å². The lowest BCUT2D eigenvalue weighted by atomic mass is 10.2. The molecule has 1 aromatic rings. The van der Waals surface area contributed by atoms with Gasteiger partial charge in [0.15, 0.2) is 0 Å². The Bertz CT molecular complexity index is 403. The number of ether oxygens (including phenoxy) is 1. The Labute approximate surface area is 100 Å². The van der Waals surface area contributed by atoms with Gasteiger partial charge in [-0.15, -0.1) is 0 Å². The lowest BCUT2D eigenvalue weighted by Crippen LogP contribution is -2.42. The minimum atomic E-state index is -0.495. The SMILES string of the molecule is O=C1CN(c2cccc(I)c2)CC(=O)O1. The lowest BCUT2D eigenvalue weighted by Gasteiger charge is -2.26. The van der Waals surface area contributed by atoms with E-state index >= 15 is 0 Å². The van der Waals surface area contributed by atoms with Gasteiger partial charge < -0.3 is 9.64 Å². The highest BCUT2D eigenvalue weighted by atomic mass is 127. The number of rotatable bonds is 1. The summed E-state index contributed by atoms with van der Waals surface area (Å²) in [6, 6.07) is 7.64. The maximum atomic E-state index is 11.1. The van der Waals surface area contributed by atoms with Gasteiger partial charge in [-0.05, 0) is 40.8 Å². The second-order valence-corrected chi connectivity index (χ2v) is 4.43. The maximum Gasteiger partial charge on any atom is 0.333 e. The van der Waals surface area contributed by atoms with E-state index in [-0.39, 0.29) is 13.1 Å². The summed E-state index contributed by atoms with van der Waals surface area (Å²) in [6.45, 7) is 0.262. The summed E-state index contributed by atoms with van der Waals surface area (Å²) >= 11 is 2.18. The second-order valence-electron chi connectivity index (χ2n) is 3.18. The first-order chi connectivity index (χ1) is 7.15. The number of hydrogen-bond donors (Lipinski definition) is 0. The Balaban J connectivity index is 2.23. The predicted octanol–water partition coefficient (Wildman–Crippen LogP) is 1.18. The lowest BCUT2D eigenvalue weighted by molar-refractivity contribution is -0.160. The van der Waals surface area contributed by atoms with Crippen molar-refractivity contribution in [2.45, 2.75) is 0 Å². The van der Waals surface area contributed by atoms with E-state index in [1.807, 2.05) is 24.3 Å². The van der Waals surface area contributed by atoms with Crippen LogP contribution in [0.5, 0.6) is 0 Å². The Hall–Kier alpha value is -1.11. The highest BCUT2D eigenvalue weighted by molar-refractivity contribution is 14.1. The molecule has 0 spiro atoms. The summed E-state index contributed by atoms with van der Waals surface area (Å²) in [5.74, 6) is -0.991. The van der Waals surface area contributed by atoms with Crippen molar-refractivity contribution in [1.29, 1.82) is 0 Å².